The highest BCUT2D eigenvalue weighted by Gasteiger charge is 2.40. The number of carbonyl (C=O) groups is 2. The van der Waals surface area contributed by atoms with Crippen LogP contribution in [0.2, 0.25) is 0 Å². The van der Waals surface area contributed by atoms with Gasteiger partial charge < -0.3 is 10.0 Å². The second-order valence-electron chi connectivity index (χ2n) is 3.65. The Hall–Kier alpha value is -1.17. The van der Waals surface area contributed by atoms with Gasteiger partial charge in [-0.15, -0.1) is 18.3 Å². The van der Waals surface area contributed by atoms with E-state index in [1.165, 1.54) is 21.6 Å². The van der Waals surface area contributed by atoms with Gasteiger partial charge in [-0.2, -0.15) is 0 Å². The third-order valence-corrected chi connectivity index (χ3v) is 3.68. The Morgan fingerprint density at radius 1 is 1.69 bits per heavy atom. The summed E-state index contributed by atoms with van der Waals surface area (Å²) in [5.74, 6) is -0.498. The molecule has 1 heterocycles. The molecule has 1 N–H and O–H groups in total. The van der Waals surface area contributed by atoms with Crippen LogP contribution in [0.1, 0.15) is 6.92 Å². The normalized spacial score (nSPS) is 24.2. The molecular weight excluding hydrogens is 228 g/mol. The number of aliphatic carboxylic acids is 1. The average Bonchev–Trinajstić information content (AvgIpc) is 2.59. The van der Waals surface area contributed by atoms with E-state index in [0.717, 1.165) is 0 Å². The van der Waals surface area contributed by atoms with Gasteiger partial charge in [-0.3, -0.25) is 4.90 Å². The van der Waals surface area contributed by atoms with E-state index in [4.69, 9.17) is 5.11 Å². The van der Waals surface area contributed by atoms with E-state index in [-0.39, 0.29) is 11.4 Å². The third-order valence-electron chi connectivity index (χ3n) is 2.46. The first-order valence-corrected chi connectivity index (χ1v) is 6.02. The number of hydrogen-bond donors (Lipinski definition) is 1. The summed E-state index contributed by atoms with van der Waals surface area (Å²) in [6.45, 7) is 5.81. The Kier molecular flexibility index (Phi) is 4.23. The molecule has 5 nitrogen and oxygen atoms in total. The van der Waals surface area contributed by atoms with Crippen molar-refractivity contribution in [3.8, 4) is 0 Å². The molecule has 1 saturated heterocycles. The molecule has 0 aliphatic carbocycles. The van der Waals surface area contributed by atoms with Gasteiger partial charge in [-0.05, 0) is 6.92 Å². The summed E-state index contributed by atoms with van der Waals surface area (Å²) in [5, 5.41) is 8.92. The SMILES string of the molecule is C=CCN(C)C(=O)N1C(C)SCC1C(=O)O. The number of likely N-dealkylation sites (N-methyl/N-ethyl adjacent to an activating group) is 1. The average molecular weight is 244 g/mol. The van der Waals surface area contributed by atoms with Gasteiger partial charge >= 0.3 is 12.0 Å². The number of carbonyl (C=O) groups excluding carboxylic acids is 1. The molecule has 90 valence electrons. The van der Waals surface area contributed by atoms with Crippen LogP contribution in [0.3, 0.4) is 0 Å². The molecule has 2 unspecified atom stereocenters. The van der Waals surface area contributed by atoms with Crippen LogP contribution in [0.25, 0.3) is 0 Å². The van der Waals surface area contributed by atoms with E-state index >= 15 is 0 Å². The van der Waals surface area contributed by atoms with Crippen LogP contribution >= 0.6 is 11.8 Å². The number of thioether (sulfide) groups is 1. The summed E-state index contributed by atoms with van der Waals surface area (Å²) in [6, 6.07) is -0.982. The fraction of sp³-hybridized carbons (Fsp3) is 0.600. The van der Waals surface area contributed by atoms with E-state index < -0.39 is 12.0 Å². The predicted octanol–water partition coefficient (Wildman–Crippen LogP) is 1.07. The molecule has 0 bridgehead atoms. The van der Waals surface area contributed by atoms with Crippen molar-refractivity contribution >= 4 is 23.8 Å². The maximum Gasteiger partial charge on any atom is 0.327 e. The Morgan fingerprint density at radius 2 is 2.31 bits per heavy atom. The van der Waals surface area contributed by atoms with Crippen molar-refractivity contribution in [2.24, 2.45) is 0 Å². The summed E-state index contributed by atoms with van der Waals surface area (Å²) in [4.78, 5) is 25.9. The zero-order chi connectivity index (χ0) is 12.3. The minimum absolute atomic E-state index is 0.0964. The van der Waals surface area contributed by atoms with Gasteiger partial charge in [-0.1, -0.05) is 6.08 Å². The lowest BCUT2D eigenvalue weighted by Gasteiger charge is -2.29. The van der Waals surface area contributed by atoms with Gasteiger partial charge in [-0.25, -0.2) is 9.59 Å². The molecule has 1 aliphatic heterocycles. The lowest BCUT2D eigenvalue weighted by Crippen LogP contribution is -2.50. The van der Waals surface area contributed by atoms with Crippen molar-refractivity contribution in [1.82, 2.24) is 9.80 Å². The largest absolute Gasteiger partial charge is 0.480 e. The molecule has 16 heavy (non-hydrogen) atoms. The number of rotatable bonds is 3. The van der Waals surface area contributed by atoms with Crippen LogP contribution in [0.5, 0.6) is 0 Å². The molecule has 0 saturated carbocycles. The van der Waals surface area contributed by atoms with Crippen molar-refractivity contribution < 1.29 is 14.7 Å². The van der Waals surface area contributed by atoms with E-state index in [1.54, 1.807) is 13.1 Å². The highest BCUT2D eigenvalue weighted by molar-refractivity contribution is 8.00. The van der Waals surface area contributed by atoms with Gasteiger partial charge in [0.05, 0.1) is 5.37 Å². The fourth-order valence-corrected chi connectivity index (χ4v) is 2.75. The Bertz CT molecular complexity index is 308. The molecular formula is C10H16N2O3S. The first-order valence-electron chi connectivity index (χ1n) is 4.97. The number of hydrogen-bond acceptors (Lipinski definition) is 3. The minimum Gasteiger partial charge on any atom is -0.480 e. The van der Waals surface area contributed by atoms with Gasteiger partial charge in [0.2, 0.25) is 0 Å². The molecule has 1 aliphatic rings. The summed E-state index contributed by atoms with van der Waals surface area (Å²) in [5.41, 5.74) is 0. The number of nitrogens with zero attached hydrogens (tertiary/aromatic N) is 2. The van der Waals surface area contributed by atoms with Crippen LogP contribution < -0.4 is 0 Å². The molecule has 0 aromatic rings. The molecule has 2 amide bonds. The summed E-state index contributed by atoms with van der Waals surface area (Å²) >= 11 is 1.48. The maximum absolute atomic E-state index is 12.0. The highest BCUT2D eigenvalue weighted by Crippen LogP contribution is 2.29. The quantitative estimate of drug-likeness (QED) is 0.754. The second-order valence-corrected chi connectivity index (χ2v) is 4.99. The van der Waals surface area contributed by atoms with E-state index in [1.807, 2.05) is 6.92 Å². The van der Waals surface area contributed by atoms with Crippen LogP contribution in [0, 0.1) is 0 Å². The summed E-state index contributed by atoms with van der Waals surface area (Å²) in [6.07, 6.45) is 1.61. The Labute approximate surface area is 99.1 Å². The van der Waals surface area contributed by atoms with Crippen molar-refractivity contribution in [3.63, 3.8) is 0 Å². The Balaban J connectivity index is 2.78. The van der Waals surface area contributed by atoms with Crippen LogP contribution in [0.4, 0.5) is 4.79 Å². The van der Waals surface area contributed by atoms with Gasteiger partial charge in [0, 0.05) is 19.3 Å². The molecule has 0 radical (unpaired) electrons. The number of amides is 2. The van der Waals surface area contributed by atoms with Crippen molar-refractivity contribution in [3.05, 3.63) is 12.7 Å². The van der Waals surface area contributed by atoms with E-state index in [2.05, 4.69) is 6.58 Å². The van der Waals surface area contributed by atoms with Crippen LogP contribution in [-0.4, -0.2) is 57.7 Å². The molecule has 0 aromatic carbocycles. The van der Waals surface area contributed by atoms with Crippen LogP contribution in [0.15, 0.2) is 12.7 Å². The number of carboxylic acids is 1. The van der Waals surface area contributed by atoms with Gasteiger partial charge in [0.15, 0.2) is 0 Å². The van der Waals surface area contributed by atoms with Crippen molar-refractivity contribution in [1.29, 1.82) is 0 Å². The van der Waals surface area contributed by atoms with Crippen molar-refractivity contribution in [2.45, 2.75) is 18.3 Å². The summed E-state index contributed by atoms with van der Waals surface area (Å²) < 4.78 is 0. The summed E-state index contributed by atoms with van der Waals surface area (Å²) in [7, 11) is 1.64. The maximum atomic E-state index is 12.0. The molecule has 0 spiro atoms. The molecule has 6 heteroatoms. The standard InChI is InChI=1S/C10H16N2O3S/c1-4-5-11(3)10(15)12-7(2)16-6-8(12)9(13)14/h4,7-8H,1,5-6H2,2-3H3,(H,13,14). The van der Waals surface area contributed by atoms with E-state index in [0.29, 0.717) is 12.3 Å². The second kappa shape index (κ2) is 5.25. The first kappa shape index (κ1) is 12.9. The lowest BCUT2D eigenvalue weighted by molar-refractivity contribution is -0.141. The first-order chi connectivity index (χ1) is 7.49. The highest BCUT2D eigenvalue weighted by atomic mass is 32.2. The monoisotopic (exact) mass is 244 g/mol. The zero-order valence-corrected chi connectivity index (χ0v) is 10.2. The smallest absolute Gasteiger partial charge is 0.327 e. The zero-order valence-electron chi connectivity index (χ0n) is 9.42. The Morgan fingerprint density at radius 3 is 2.81 bits per heavy atom. The third kappa shape index (κ3) is 2.49. The van der Waals surface area contributed by atoms with Gasteiger partial charge in [0.1, 0.15) is 6.04 Å². The molecule has 0 aromatic heterocycles. The van der Waals surface area contributed by atoms with Gasteiger partial charge in [0.25, 0.3) is 0 Å². The molecule has 2 atom stereocenters. The predicted molar refractivity (Wildman–Crippen MR) is 63.4 cm³/mol. The topological polar surface area (TPSA) is 60.9 Å². The van der Waals surface area contributed by atoms with Crippen LogP contribution in [-0.2, 0) is 4.79 Å². The lowest BCUT2D eigenvalue weighted by atomic mass is 10.3. The van der Waals surface area contributed by atoms with E-state index in [9.17, 15) is 9.59 Å². The molecule has 1 fully saturated rings. The molecule has 1 rings (SSSR count). The fourth-order valence-electron chi connectivity index (χ4n) is 1.59. The number of urea groups is 1. The number of carboxylic acid groups (broad SMARTS) is 1. The van der Waals surface area contributed by atoms with Crippen molar-refractivity contribution in [2.75, 3.05) is 19.3 Å². The minimum atomic E-state index is -0.947.